The van der Waals surface area contributed by atoms with Crippen LogP contribution in [0.1, 0.15) is 25.0 Å². The van der Waals surface area contributed by atoms with E-state index in [0.29, 0.717) is 44.3 Å². The van der Waals surface area contributed by atoms with Crippen molar-refractivity contribution in [1.29, 1.82) is 0 Å². The Morgan fingerprint density at radius 1 is 1.12 bits per heavy atom. The molecule has 0 radical (unpaired) electrons. The van der Waals surface area contributed by atoms with Gasteiger partial charge in [-0.05, 0) is 44.5 Å². The lowest BCUT2D eigenvalue weighted by molar-refractivity contribution is -0.119. The quantitative estimate of drug-likeness (QED) is 0.596. The molecule has 1 aliphatic rings. The van der Waals surface area contributed by atoms with Crippen LogP contribution in [0.5, 0.6) is 5.75 Å². The van der Waals surface area contributed by atoms with E-state index in [-0.39, 0.29) is 23.5 Å². The van der Waals surface area contributed by atoms with Crippen LogP contribution in [-0.4, -0.2) is 57.6 Å². The molecule has 1 fully saturated rings. The SMILES string of the molecule is Cc1ccc(CNC(=O)CNc2cc(S(=O)(=O)N3CCOCC3)ccc2OC(C)C)cc1. The molecular weight excluding hydrogens is 430 g/mol. The fourth-order valence-electron chi connectivity index (χ4n) is 3.25. The Balaban J connectivity index is 1.70. The van der Waals surface area contributed by atoms with Crippen LogP contribution in [0, 0.1) is 6.92 Å². The van der Waals surface area contributed by atoms with Gasteiger partial charge in [0.1, 0.15) is 5.75 Å². The first-order valence-electron chi connectivity index (χ1n) is 10.7. The standard InChI is InChI=1S/C23H31N3O5S/c1-17(2)31-22-9-8-20(32(28,29)26-10-12-30-13-11-26)14-21(22)24-16-23(27)25-15-19-6-4-18(3)5-7-19/h4-9,14,17,24H,10-13,15-16H2,1-3H3,(H,25,27). The first-order valence-corrected chi connectivity index (χ1v) is 12.1. The molecule has 0 unspecified atom stereocenters. The number of nitrogens with one attached hydrogen (secondary N) is 2. The molecule has 2 N–H and O–H groups in total. The second kappa shape index (κ2) is 10.8. The van der Waals surface area contributed by atoms with Crippen molar-refractivity contribution >= 4 is 21.6 Å². The van der Waals surface area contributed by atoms with E-state index in [0.717, 1.165) is 11.1 Å². The number of hydrogen-bond acceptors (Lipinski definition) is 6. The summed E-state index contributed by atoms with van der Waals surface area (Å²) in [5, 5.41) is 5.90. The second-order valence-corrected chi connectivity index (χ2v) is 9.89. The molecule has 9 heteroatoms. The maximum Gasteiger partial charge on any atom is 0.243 e. The molecule has 2 aromatic carbocycles. The fourth-order valence-corrected chi connectivity index (χ4v) is 4.68. The highest BCUT2D eigenvalue weighted by molar-refractivity contribution is 7.89. The molecule has 2 aromatic rings. The molecule has 1 saturated heterocycles. The van der Waals surface area contributed by atoms with Gasteiger partial charge in [0.15, 0.2) is 0 Å². The first kappa shape index (κ1) is 24.0. The maximum atomic E-state index is 13.0. The predicted octanol–water partition coefficient (Wildman–Crippen LogP) is 2.53. The fraction of sp³-hybridized carbons (Fsp3) is 0.435. The van der Waals surface area contributed by atoms with E-state index in [1.807, 2.05) is 45.0 Å². The normalized spacial score (nSPS) is 14.9. The monoisotopic (exact) mass is 461 g/mol. The van der Waals surface area contributed by atoms with Crippen molar-refractivity contribution in [1.82, 2.24) is 9.62 Å². The summed E-state index contributed by atoms with van der Waals surface area (Å²) in [4.78, 5) is 12.5. The number of hydrogen-bond donors (Lipinski definition) is 2. The summed E-state index contributed by atoms with van der Waals surface area (Å²) >= 11 is 0. The number of sulfonamides is 1. The number of carbonyl (C=O) groups is 1. The molecule has 1 heterocycles. The van der Waals surface area contributed by atoms with Gasteiger partial charge in [0.05, 0.1) is 36.4 Å². The molecule has 174 valence electrons. The van der Waals surface area contributed by atoms with E-state index in [4.69, 9.17) is 9.47 Å². The number of morpholine rings is 1. The zero-order valence-electron chi connectivity index (χ0n) is 18.8. The van der Waals surface area contributed by atoms with Gasteiger partial charge in [-0.15, -0.1) is 0 Å². The van der Waals surface area contributed by atoms with Gasteiger partial charge in [-0.1, -0.05) is 29.8 Å². The highest BCUT2D eigenvalue weighted by atomic mass is 32.2. The van der Waals surface area contributed by atoms with Gasteiger partial charge < -0.3 is 20.1 Å². The van der Waals surface area contributed by atoms with E-state index in [2.05, 4.69) is 10.6 Å². The molecule has 32 heavy (non-hydrogen) atoms. The molecule has 1 amide bonds. The average molecular weight is 462 g/mol. The second-order valence-electron chi connectivity index (χ2n) is 7.96. The number of rotatable bonds is 9. The smallest absolute Gasteiger partial charge is 0.243 e. The summed E-state index contributed by atoms with van der Waals surface area (Å²) in [5.41, 5.74) is 2.62. The van der Waals surface area contributed by atoms with E-state index < -0.39 is 10.0 Å². The minimum absolute atomic E-state index is 0.0125. The largest absolute Gasteiger partial charge is 0.489 e. The first-order chi connectivity index (χ1) is 15.3. The van der Waals surface area contributed by atoms with Gasteiger partial charge in [-0.25, -0.2) is 8.42 Å². The van der Waals surface area contributed by atoms with Crippen LogP contribution in [0.4, 0.5) is 5.69 Å². The van der Waals surface area contributed by atoms with Crippen LogP contribution in [0.25, 0.3) is 0 Å². The number of benzene rings is 2. The van der Waals surface area contributed by atoms with Gasteiger partial charge >= 0.3 is 0 Å². The van der Waals surface area contributed by atoms with Crippen molar-refractivity contribution in [2.75, 3.05) is 38.2 Å². The summed E-state index contributed by atoms with van der Waals surface area (Å²) in [5.74, 6) is 0.287. The van der Waals surface area contributed by atoms with E-state index in [1.165, 1.54) is 16.4 Å². The van der Waals surface area contributed by atoms with Crippen LogP contribution in [0.15, 0.2) is 47.4 Å². The third-order valence-corrected chi connectivity index (χ3v) is 6.87. The number of carbonyl (C=O) groups excluding carboxylic acids is 1. The molecule has 3 rings (SSSR count). The van der Waals surface area contributed by atoms with Crippen LogP contribution in [-0.2, 0) is 26.1 Å². The molecule has 0 aromatic heterocycles. The van der Waals surface area contributed by atoms with E-state index in [1.54, 1.807) is 6.07 Å². The minimum atomic E-state index is -3.66. The van der Waals surface area contributed by atoms with Gasteiger partial charge in [0.2, 0.25) is 15.9 Å². The third-order valence-electron chi connectivity index (χ3n) is 4.97. The molecule has 0 spiro atoms. The highest BCUT2D eigenvalue weighted by Gasteiger charge is 2.27. The van der Waals surface area contributed by atoms with Crippen LogP contribution >= 0.6 is 0 Å². The lowest BCUT2D eigenvalue weighted by Gasteiger charge is -2.26. The summed E-state index contributed by atoms with van der Waals surface area (Å²) in [6.45, 7) is 7.57. The predicted molar refractivity (Wildman–Crippen MR) is 123 cm³/mol. The number of anilines is 1. The van der Waals surface area contributed by atoms with Crippen molar-refractivity contribution in [2.45, 2.75) is 38.3 Å². The number of nitrogens with zero attached hydrogens (tertiary/aromatic N) is 1. The molecule has 0 aliphatic carbocycles. The summed E-state index contributed by atoms with van der Waals surface area (Å²) in [6, 6.07) is 12.6. The third kappa shape index (κ3) is 6.44. The molecule has 8 nitrogen and oxygen atoms in total. The minimum Gasteiger partial charge on any atom is -0.489 e. The van der Waals surface area contributed by atoms with Crippen molar-refractivity contribution < 1.29 is 22.7 Å². The topological polar surface area (TPSA) is 97.0 Å². The van der Waals surface area contributed by atoms with Crippen LogP contribution in [0.3, 0.4) is 0 Å². The zero-order chi connectivity index (χ0) is 23.1. The Morgan fingerprint density at radius 3 is 2.47 bits per heavy atom. The molecule has 0 saturated carbocycles. The summed E-state index contributed by atoms with van der Waals surface area (Å²) < 4.78 is 38.5. The van der Waals surface area contributed by atoms with E-state index in [9.17, 15) is 13.2 Å². The Bertz CT molecular complexity index is 1020. The van der Waals surface area contributed by atoms with Gasteiger partial charge in [0, 0.05) is 19.6 Å². The lowest BCUT2D eigenvalue weighted by atomic mass is 10.1. The number of amides is 1. The number of aryl methyl sites for hydroxylation is 1. The summed E-state index contributed by atoms with van der Waals surface area (Å²) in [6.07, 6.45) is -0.104. The van der Waals surface area contributed by atoms with Crippen molar-refractivity contribution in [3.8, 4) is 5.75 Å². The van der Waals surface area contributed by atoms with E-state index >= 15 is 0 Å². The average Bonchev–Trinajstić information content (AvgIpc) is 2.78. The van der Waals surface area contributed by atoms with Gasteiger partial charge in [0.25, 0.3) is 0 Å². The van der Waals surface area contributed by atoms with Gasteiger partial charge in [-0.3, -0.25) is 4.79 Å². The maximum absolute atomic E-state index is 13.0. The van der Waals surface area contributed by atoms with Crippen LogP contribution in [0.2, 0.25) is 0 Å². The van der Waals surface area contributed by atoms with Crippen molar-refractivity contribution in [3.05, 3.63) is 53.6 Å². The zero-order valence-corrected chi connectivity index (χ0v) is 19.6. The van der Waals surface area contributed by atoms with Crippen molar-refractivity contribution in [3.63, 3.8) is 0 Å². The molecule has 1 aliphatic heterocycles. The molecule has 0 bridgehead atoms. The van der Waals surface area contributed by atoms with Crippen LogP contribution < -0.4 is 15.4 Å². The Hall–Kier alpha value is -2.62. The Labute approximate surface area is 190 Å². The molecule has 0 atom stereocenters. The number of ether oxygens (including phenoxy) is 2. The molecular formula is C23H31N3O5S. The Morgan fingerprint density at radius 2 is 1.81 bits per heavy atom. The van der Waals surface area contributed by atoms with Gasteiger partial charge in [-0.2, -0.15) is 4.31 Å². The lowest BCUT2D eigenvalue weighted by Crippen LogP contribution is -2.40. The Kier molecular flexibility index (Phi) is 8.11. The summed E-state index contributed by atoms with van der Waals surface area (Å²) in [7, 11) is -3.66. The highest BCUT2D eigenvalue weighted by Crippen LogP contribution is 2.30. The van der Waals surface area contributed by atoms with Crippen molar-refractivity contribution in [2.24, 2.45) is 0 Å².